The van der Waals surface area contributed by atoms with Crippen LogP contribution in [-0.4, -0.2) is 30.9 Å². The molecular formula is C7H11NO3. The zero-order valence-corrected chi connectivity index (χ0v) is 6.61. The minimum Gasteiger partial charge on any atom is -0.463 e. The smallest absolute Gasteiger partial charge is 0.332 e. The van der Waals surface area contributed by atoms with Gasteiger partial charge in [-0.3, -0.25) is 4.79 Å². The number of hydrogen-bond donors (Lipinski definition) is 0. The van der Waals surface area contributed by atoms with E-state index in [0.717, 1.165) is 0 Å². The first-order valence-corrected chi connectivity index (χ1v) is 3.23. The van der Waals surface area contributed by atoms with Crippen LogP contribution in [0.1, 0.15) is 6.92 Å². The van der Waals surface area contributed by atoms with Crippen molar-refractivity contribution >= 4 is 12.4 Å². The van der Waals surface area contributed by atoms with E-state index in [0.29, 0.717) is 13.0 Å². The summed E-state index contributed by atoms with van der Waals surface area (Å²) in [6, 6.07) is 0. The molecule has 1 amide bonds. The van der Waals surface area contributed by atoms with Crippen LogP contribution >= 0.6 is 0 Å². The summed E-state index contributed by atoms with van der Waals surface area (Å²) in [6.45, 7) is 2.06. The molecule has 0 aromatic rings. The summed E-state index contributed by atoms with van der Waals surface area (Å²) >= 11 is 0. The normalized spacial score (nSPS) is 9.64. The monoisotopic (exact) mass is 157 g/mol. The fraction of sp³-hybridized carbons (Fsp3) is 0.429. The first-order valence-electron chi connectivity index (χ1n) is 3.23. The molecule has 62 valence electrons. The van der Waals surface area contributed by atoms with Crippen molar-refractivity contribution in [3.63, 3.8) is 0 Å². The highest BCUT2D eigenvalue weighted by Crippen LogP contribution is 1.82. The lowest BCUT2D eigenvalue weighted by atomic mass is 10.6. The molecule has 0 radical (unpaired) electrons. The van der Waals surface area contributed by atoms with E-state index in [1.165, 1.54) is 24.2 Å². The molecule has 4 heteroatoms. The third-order valence-electron chi connectivity index (χ3n) is 0.899. The van der Waals surface area contributed by atoms with Gasteiger partial charge in [0.1, 0.15) is 0 Å². The van der Waals surface area contributed by atoms with Crippen LogP contribution < -0.4 is 0 Å². The Morgan fingerprint density at radius 3 is 2.73 bits per heavy atom. The SMILES string of the molecule is CCOC(=O)/C=C/N(C)C=O. The van der Waals surface area contributed by atoms with E-state index >= 15 is 0 Å². The zero-order valence-electron chi connectivity index (χ0n) is 6.61. The molecule has 0 N–H and O–H groups in total. The van der Waals surface area contributed by atoms with Gasteiger partial charge in [0.25, 0.3) is 0 Å². The number of nitrogens with zero attached hydrogens (tertiary/aromatic N) is 1. The Hall–Kier alpha value is -1.32. The molecule has 0 saturated heterocycles. The van der Waals surface area contributed by atoms with E-state index in [9.17, 15) is 9.59 Å². The second-order valence-corrected chi connectivity index (χ2v) is 1.84. The van der Waals surface area contributed by atoms with Crippen molar-refractivity contribution in [2.24, 2.45) is 0 Å². The fourth-order valence-corrected chi connectivity index (χ4v) is 0.404. The van der Waals surface area contributed by atoms with Crippen LogP contribution in [0.3, 0.4) is 0 Å². The Bertz CT molecular complexity index is 165. The first-order chi connectivity index (χ1) is 5.20. The highest BCUT2D eigenvalue weighted by atomic mass is 16.5. The van der Waals surface area contributed by atoms with Gasteiger partial charge in [0.15, 0.2) is 0 Å². The maximum atomic E-state index is 10.6. The van der Waals surface area contributed by atoms with Crippen molar-refractivity contribution in [3.05, 3.63) is 12.3 Å². The van der Waals surface area contributed by atoms with Gasteiger partial charge in [-0.2, -0.15) is 0 Å². The average molecular weight is 157 g/mol. The quantitative estimate of drug-likeness (QED) is 0.331. The number of amides is 1. The lowest BCUT2D eigenvalue weighted by molar-refractivity contribution is -0.137. The van der Waals surface area contributed by atoms with Gasteiger partial charge in [-0.25, -0.2) is 4.79 Å². The van der Waals surface area contributed by atoms with Crippen LogP contribution in [0, 0.1) is 0 Å². The zero-order chi connectivity index (χ0) is 8.69. The van der Waals surface area contributed by atoms with Gasteiger partial charge in [0.05, 0.1) is 6.61 Å². The minimum absolute atomic E-state index is 0.341. The molecule has 0 rings (SSSR count). The van der Waals surface area contributed by atoms with E-state index in [1.807, 2.05) is 0 Å². The van der Waals surface area contributed by atoms with Crippen molar-refractivity contribution in [2.45, 2.75) is 6.92 Å². The molecule has 0 bridgehead atoms. The van der Waals surface area contributed by atoms with Crippen LogP contribution in [-0.2, 0) is 14.3 Å². The van der Waals surface area contributed by atoms with Crippen LogP contribution in [0.25, 0.3) is 0 Å². The van der Waals surface area contributed by atoms with Crippen molar-refractivity contribution in [3.8, 4) is 0 Å². The Morgan fingerprint density at radius 2 is 2.27 bits per heavy atom. The highest BCUT2D eigenvalue weighted by Gasteiger charge is 1.92. The maximum Gasteiger partial charge on any atom is 0.332 e. The second kappa shape index (κ2) is 5.46. The largest absolute Gasteiger partial charge is 0.463 e. The molecule has 0 aliphatic carbocycles. The van der Waals surface area contributed by atoms with Crippen molar-refractivity contribution in [1.82, 2.24) is 4.90 Å². The molecule has 0 saturated carbocycles. The molecule has 0 aliphatic rings. The lowest BCUT2D eigenvalue weighted by Gasteiger charge is -2.00. The van der Waals surface area contributed by atoms with Gasteiger partial charge in [0, 0.05) is 19.3 Å². The maximum absolute atomic E-state index is 10.6. The van der Waals surface area contributed by atoms with Gasteiger partial charge in [-0.05, 0) is 6.92 Å². The molecule has 0 aliphatic heterocycles. The molecule has 0 aromatic carbocycles. The van der Waals surface area contributed by atoms with E-state index in [2.05, 4.69) is 4.74 Å². The summed E-state index contributed by atoms with van der Waals surface area (Å²) in [5.74, 6) is -0.443. The third-order valence-corrected chi connectivity index (χ3v) is 0.899. The van der Waals surface area contributed by atoms with Gasteiger partial charge in [-0.1, -0.05) is 0 Å². The molecule has 0 unspecified atom stereocenters. The van der Waals surface area contributed by atoms with Crippen molar-refractivity contribution in [2.75, 3.05) is 13.7 Å². The minimum atomic E-state index is -0.443. The van der Waals surface area contributed by atoms with E-state index in [4.69, 9.17) is 0 Å². The number of hydrogen-bond acceptors (Lipinski definition) is 3. The van der Waals surface area contributed by atoms with Gasteiger partial charge < -0.3 is 9.64 Å². The predicted molar refractivity (Wildman–Crippen MR) is 39.6 cm³/mol. The summed E-state index contributed by atoms with van der Waals surface area (Å²) < 4.78 is 4.57. The van der Waals surface area contributed by atoms with Crippen LogP contribution in [0.2, 0.25) is 0 Å². The van der Waals surface area contributed by atoms with Gasteiger partial charge >= 0.3 is 5.97 Å². The summed E-state index contributed by atoms with van der Waals surface area (Å²) in [5, 5.41) is 0. The standard InChI is InChI=1S/C7H11NO3/c1-3-11-7(10)4-5-8(2)6-9/h4-6H,3H2,1-2H3/b5-4+. The number of ether oxygens (including phenoxy) is 1. The second-order valence-electron chi connectivity index (χ2n) is 1.84. The average Bonchev–Trinajstić information content (AvgIpc) is 2.01. The number of rotatable bonds is 4. The molecule has 4 nitrogen and oxygen atoms in total. The van der Waals surface area contributed by atoms with E-state index < -0.39 is 5.97 Å². The van der Waals surface area contributed by atoms with E-state index in [1.54, 1.807) is 6.92 Å². The van der Waals surface area contributed by atoms with Crippen LogP contribution in [0.15, 0.2) is 12.3 Å². The first kappa shape index (κ1) is 9.68. The Labute approximate surface area is 65.4 Å². The lowest BCUT2D eigenvalue weighted by Crippen LogP contribution is -2.08. The number of carbonyl (C=O) groups excluding carboxylic acids is 2. The summed E-state index contributed by atoms with van der Waals surface area (Å²) in [7, 11) is 1.53. The van der Waals surface area contributed by atoms with Crippen molar-refractivity contribution in [1.29, 1.82) is 0 Å². The number of carbonyl (C=O) groups is 2. The molecule has 0 heterocycles. The third kappa shape index (κ3) is 5.14. The van der Waals surface area contributed by atoms with E-state index in [-0.39, 0.29) is 0 Å². The summed E-state index contributed by atoms with van der Waals surface area (Å²) in [5.41, 5.74) is 0. The van der Waals surface area contributed by atoms with Crippen LogP contribution in [0.4, 0.5) is 0 Å². The molecule has 0 spiro atoms. The summed E-state index contributed by atoms with van der Waals surface area (Å²) in [4.78, 5) is 21.8. The Morgan fingerprint density at radius 1 is 1.64 bits per heavy atom. The predicted octanol–water partition coefficient (Wildman–Crippen LogP) is 0.151. The highest BCUT2D eigenvalue weighted by molar-refractivity contribution is 5.82. The Balaban J connectivity index is 3.72. The summed E-state index contributed by atoms with van der Waals surface area (Å²) in [6.07, 6.45) is 3.12. The molecule has 0 atom stereocenters. The molecular weight excluding hydrogens is 146 g/mol. The number of esters is 1. The van der Waals surface area contributed by atoms with Gasteiger partial charge in [0.2, 0.25) is 6.41 Å². The Kier molecular flexibility index (Phi) is 4.81. The molecule has 0 aromatic heterocycles. The van der Waals surface area contributed by atoms with Gasteiger partial charge in [-0.15, -0.1) is 0 Å². The topological polar surface area (TPSA) is 46.6 Å². The molecule has 11 heavy (non-hydrogen) atoms. The molecule has 0 fully saturated rings. The fourth-order valence-electron chi connectivity index (χ4n) is 0.404. The van der Waals surface area contributed by atoms with Crippen molar-refractivity contribution < 1.29 is 14.3 Å². The van der Waals surface area contributed by atoms with Crippen LogP contribution in [0.5, 0.6) is 0 Å².